The number of carbonyl (C=O) groups is 1. The van der Waals surface area contributed by atoms with Crippen molar-refractivity contribution in [2.45, 2.75) is 32.9 Å². The summed E-state index contributed by atoms with van der Waals surface area (Å²) < 4.78 is 1.83. The Labute approximate surface area is 156 Å². The van der Waals surface area contributed by atoms with Crippen LogP contribution in [-0.4, -0.2) is 20.7 Å². The predicted molar refractivity (Wildman–Crippen MR) is 100 cm³/mol. The fourth-order valence-corrected chi connectivity index (χ4v) is 2.89. The molecule has 0 saturated heterocycles. The van der Waals surface area contributed by atoms with Crippen molar-refractivity contribution < 1.29 is 4.79 Å². The normalized spacial score (nSPS) is 12.6. The van der Waals surface area contributed by atoms with Gasteiger partial charge in [-0.2, -0.15) is 5.10 Å². The summed E-state index contributed by atoms with van der Waals surface area (Å²) in [5.74, 6) is -0.203. The summed E-state index contributed by atoms with van der Waals surface area (Å²) in [6, 6.07) is 7.10. The molecule has 0 spiro atoms. The van der Waals surface area contributed by atoms with E-state index < -0.39 is 0 Å². The lowest BCUT2D eigenvalue weighted by Gasteiger charge is -2.15. The van der Waals surface area contributed by atoms with E-state index in [0.717, 1.165) is 16.6 Å². The van der Waals surface area contributed by atoms with Crippen LogP contribution in [0.25, 0.3) is 11.0 Å². The molecule has 3 aromatic rings. The minimum absolute atomic E-state index is 0.203. The minimum atomic E-state index is -0.212. The van der Waals surface area contributed by atoms with Crippen molar-refractivity contribution in [2.24, 2.45) is 0 Å². The number of aromatic nitrogens is 3. The summed E-state index contributed by atoms with van der Waals surface area (Å²) in [5, 5.41) is 9.05. The second-order valence-electron chi connectivity index (χ2n) is 6.19. The Balaban J connectivity index is 1.80. The molecule has 0 aliphatic rings. The molecule has 1 aromatic carbocycles. The number of rotatable bonds is 4. The average Bonchev–Trinajstić information content (AvgIpc) is 3.00. The molecule has 7 heteroatoms. The number of hydrogen-bond acceptors (Lipinski definition) is 3. The number of benzene rings is 1. The summed E-state index contributed by atoms with van der Waals surface area (Å²) in [6.07, 6.45) is 3.29. The molecule has 0 unspecified atom stereocenters. The first-order valence-electron chi connectivity index (χ1n) is 7.96. The lowest BCUT2D eigenvalue weighted by molar-refractivity contribution is 0.0939. The van der Waals surface area contributed by atoms with Crippen LogP contribution in [-0.2, 0) is 0 Å². The summed E-state index contributed by atoms with van der Waals surface area (Å²) in [7, 11) is 0. The fourth-order valence-electron chi connectivity index (χ4n) is 2.59. The average molecular weight is 377 g/mol. The van der Waals surface area contributed by atoms with E-state index in [2.05, 4.69) is 15.4 Å². The van der Waals surface area contributed by atoms with Crippen molar-refractivity contribution >= 4 is 40.1 Å². The van der Waals surface area contributed by atoms with Crippen LogP contribution in [0.1, 0.15) is 48.8 Å². The number of hydrogen-bond donors (Lipinski definition) is 1. The molecule has 130 valence electrons. The van der Waals surface area contributed by atoms with E-state index in [4.69, 9.17) is 23.2 Å². The maximum Gasteiger partial charge on any atom is 0.253 e. The zero-order valence-electron chi connectivity index (χ0n) is 14.1. The van der Waals surface area contributed by atoms with Gasteiger partial charge in [0.2, 0.25) is 0 Å². The molecule has 1 N–H and O–H groups in total. The highest BCUT2D eigenvalue weighted by Crippen LogP contribution is 2.26. The molecule has 0 saturated carbocycles. The lowest BCUT2D eigenvalue weighted by Crippen LogP contribution is -2.26. The number of fused-ring (bicyclic) bond motifs is 1. The van der Waals surface area contributed by atoms with Gasteiger partial charge in [0.05, 0.1) is 27.8 Å². The van der Waals surface area contributed by atoms with Gasteiger partial charge in [0.15, 0.2) is 5.65 Å². The van der Waals surface area contributed by atoms with Gasteiger partial charge in [-0.05, 0) is 44.5 Å². The molecule has 0 aliphatic carbocycles. The Kier molecular flexibility index (Phi) is 4.97. The Bertz CT molecular complexity index is 936. The summed E-state index contributed by atoms with van der Waals surface area (Å²) >= 11 is 12.0. The molecule has 3 rings (SSSR count). The molecule has 2 aromatic heterocycles. The first-order valence-corrected chi connectivity index (χ1v) is 8.71. The highest BCUT2D eigenvalue weighted by molar-refractivity contribution is 6.42. The second-order valence-corrected chi connectivity index (χ2v) is 7.00. The number of nitrogens with zero attached hydrogens (tertiary/aromatic N) is 3. The number of pyridine rings is 1. The van der Waals surface area contributed by atoms with Crippen LogP contribution in [0, 0.1) is 0 Å². The molecule has 0 radical (unpaired) electrons. The molecule has 0 aliphatic heterocycles. The molecule has 1 atom stereocenters. The molecular formula is C18H18Cl2N4O. The number of nitrogens with one attached hydrogen (secondary N) is 1. The zero-order chi connectivity index (χ0) is 18.1. The van der Waals surface area contributed by atoms with Gasteiger partial charge in [-0.1, -0.05) is 29.3 Å². The Morgan fingerprint density at radius 1 is 1.12 bits per heavy atom. The quantitative estimate of drug-likeness (QED) is 0.710. The molecule has 0 bridgehead atoms. The predicted octanol–water partition coefficient (Wildman–Crippen LogP) is 4.81. The number of halogens is 2. The Hall–Kier alpha value is -2.11. The van der Waals surface area contributed by atoms with E-state index in [1.165, 1.54) is 0 Å². The summed E-state index contributed by atoms with van der Waals surface area (Å²) in [5.41, 5.74) is 2.14. The fraction of sp³-hybridized carbons (Fsp3) is 0.278. The van der Waals surface area contributed by atoms with E-state index >= 15 is 0 Å². The first-order chi connectivity index (χ1) is 11.9. The smallest absolute Gasteiger partial charge is 0.253 e. The van der Waals surface area contributed by atoms with Crippen LogP contribution >= 0.6 is 23.2 Å². The highest BCUT2D eigenvalue weighted by Gasteiger charge is 2.15. The molecule has 5 nitrogen and oxygen atoms in total. The van der Waals surface area contributed by atoms with Gasteiger partial charge in [0.25, 0.3) is 5.91 Å². The monoisotopic (exact) mass is 376 g/mol. The summed E-state index contributed by atoms with van der Waals surface area (Å²) in [4.78, 5) is 16.9. The van der Waals surface area contributed by atoms with Crippen molar-refractivity contribution in [1.82, 2.24) is 20.1 Å². The van der Waals surface area contributed by atoms with Gasteiger partial charge < -0.3 is 5.32 Å². The van der Waals surface area contributed by atoms with E-state index in [1.807, 2.05) is 31.5 Å². The zero-order valence-corrected chi connectivity index (χ0v) is 15.6. The molecule has 25 heavy (non-hydrogen) atoms. The van der Waals surface area contributed by atoms with E-state index in [1.54, 1.807) is 30.6 Å². The van der Waals surface area contributed by atoms with Gasteiger partial charge in [0, 0.05) is 17.6 Å². The van der Waals surface area contributed by atoms with Crippen molar-refractivity contribution in [2.75, 3.05) is 0 Å². The van der Waals surface area contributed by atoms with Crippen molar-refractivity contribution in [3.63, 3.8) is 0 Å². The third-order valence-electron chi connectivity index (χ3n) is 3.98. The highest BCUT2D eigenvalue weighted by atomic mass is 35.5. The number of carbonyl (C=O) groups excluding carboxylic acids is 1. The SMILES string of the molecule is CC(C)n1ncc2cc(C(=O)N[C@@H](C)c3ccc(Cl)c(Cl)c3)cnc21. The van der Waals surface area contributed by atoms with Gasteiger partial charge in [-0.15, -0.1) is 0 Å². The van der Waals surface area contributed by atoms with Gasteiger partial charge in [-0.3, -0.25) is 4.79 Å². The van der Waals surface area contributed by atoms with Crippen molar-refractivity contribution in [1.29, 1.82) is 0 Å². The molecular weight excluding hydrogens is 359 g/mol. The van der Waals surface area contributed by atoms with Crippen molar-refractivity contribution in [3.05, 3.63) is 57.8 Å². The largest absolute Gasteiger partial charge is 0.345 e. The van der Waals surface area contributed by atoms with Gasteiger partial charge >= 0.3 is 0 Å². The van der Waals surface area contributed by atoms with Crippen molar-refractivity contribution in [3.8, 4) is 0 Å². The minimum Gasteiger partial charge on any atom is -0.345 e. The lowest BCUT2D eigenvalue weighted by atomic mass is 10.1. The van der Waals surface area contributed by atoms with Crippen LogP contribution in [0.3, 0.4) is 0 Å². The van der Waals surface area contributed by atoms with Gasteiger partial charge in [-0.25, -0.2) is 9.67 Å². The number of amides is 1. The maximum atomic E-state index is 12.5. The van der Waals surface area contributed by atoms with E-state index in [-0.39, 0.29) is 18.0 Å². The van der Waals surface area contributed by atoms with E-state index in [9.17, 15) is 4.79 Å². The van der Waals surface area contributed by atoms with Gasteiger partial charge in [0.1, 0.15) is 0 Å². The van der Waals surface area contributed by atoms with Crippen LogP contribution in [0.2, 0.25) is 10.0 Å². The summed E-state index contributed by atoms with van der Waals surface area (Å²) in [6.45, 7) is 5.96. The first kappa shape index (κ1) is 17.7. The van der Waals surface area contributed by atoms with Crippen LogP contribution in [0.5, 0.6) is 0 Å². The Morgan fingerprint density at radius 3 is 2.56 bits per heavy atom. The topological polar surface area (TPSA) is 59.8 Å². The van der Waals surface area contributed by atoms with Crippen LogP contribution < -0.4 is 5.32 Å². The van der Waals surface area contributed by atoms with Crippen LogP contribution in [0.4, 0.5) is 0 Å². The third kappa shape index (κ3) is 3.62. The second kappa shape index (κ2) is 7.02. The third-order valence-corrected chi connectivity index (χ3v) is 4.71. The molecule has 0 fully saturated rings. The van der Waals surface area contributed by atoms with Crippen LogP contribution in [0.15, 0.2) is 36.7 Å². The maximum absolute atomic E-state index is 12.5. The molecule has 1 amide bonds. The standard InChI is InChI=1S/C18H18Cl2N4O/c1-10(2)24-17-13(9-22-24)6-14(8-21-17)18(25)23-11(3)12-4-5-15(19)16(20)7-12/h4-11H,1-3H3,(H,23,25)/t11-/m0/s1. The van der Waals surface area contributed by atoms with E-state index in [0.29, 0.717) is 15.6 Å². The Morgan fingerprint density at radius 2 is 1.88 bits per heavy atom. The molecule has 2 heterocycles.